The highest BCUT2D eigenvalue weighted by molar-refractivity contribution is 5.94. The fourth-order valence-electron chi connectivity index (χ4n) is 1.96. The van der Waals surface area contributed by atoms with Crippen molar-refractivity contribution in [3.8, 4) is 11.5 Å². The van der Waals surface area contributed by atoms with Crippen LogP contribution in [0.5, 0.6) is 0 Å². The molecule has 1 heterocycles. The molecule has 0 aliphatic rings. The number of esters is 1. The molecule has 1 amide bonds. The maximum absolute atomic E-state index is 13.0. The van der Waals surface area contributed by atoms with E-state index in [0.717, 1.165) is 6.07 Å². The average molecular weight is 341 g/mol. The van der Waals surface area contributed by atoms with E-state index >= 15 is 0 Å². The van der Waals surface area contributed by atoms with E-state index in [4.69, 9.17) is 9.15 Å². The molecule has 3 rings (SSSR count). The summed E-state index contributed by atoms with van der Waals surface area (Å²) >= 11 is 0. The molecule has 0 aliphatic heterocycles. The van der Waals surface area contributed by atoms with Gasteiger partial charge in [-0.3, -0.25) is 10.1 Å². The van der Waals surface area contributed by atoms with Crippen LogP contribution in [0.3, 0.4) is 0 Å². The number of halogens is 1. The van der Waals surface area contributed by atoms with Crippen molar-refractivity contribution in [1.29, 1.82) is 0 Å². The SMILES string of the molecule is O=C(COC(=O)c1cccc(F)c1)Nc1nnc(-c2ccccc2)o1. The summed E-state index contributed by atoms with van der Waals surface area (Å²) in [6, 6.07) is 13.9. The van der Waals surface area contributed by atoms with E-state index < -0.39 is 24.3 Å². The van der Waals surface area contributed by atoms with E-state index in [1.54, 1.807) is 12.1 Å². The Bertz CT molecular complexity index is 896. The van der Waals surface area contributed by atoms with Crippen LogP contribution in [0, 0.1) is 5.82 Å². The maximum Gasteiger partial charge on any atom is 0.338 e. The molecular formula is C17H12FN3O4. The van der Waals surface area contributed by atoms with Crippen LogP contribution in [0.1, 0.15) is 10.4 Å². The Hall–Kier alpha value is -3.55. The number of carbonyl (C=O) groups is 2. The van der Waals surface area contributed by atoms with Crippen LogP contribution < -0.4 is 5.32 Å². The lowest BCUT2D eigenvalue weighted by Gasteiger charge is -2.04. The number of rotatable bonds is 5. The minimum Gasteiger partial charge on any atom is -0.452 e. The molecule has 7 nitrogen and oxygen atoms in total. The van der Waals surface area contributed by atoms with Gasteiger partial charge in [0.15, 0.2) is 6.61 Å². The Balaban J connectivity index is 1.55. The number of aromatic nitrogens is 2. The Kier molecular flexibility index (Phi) is 4.79. The Morgan fingerprint density at radius 3 is 2.64 bits per heavy atom. The number of benzene rings is 2. The first-order valence-corrected chi connectivity index (χ1v) is 7.23. The first kappa shape index (κ1) is 16.3. The van der Waals surface area contributed by atoms with Gasteiger partial charge in [0.25, 0.3) is 5.91 Å². The Labute approximate surface area is 141 Å². The molecule has 1 N–H and O–H groups in total. The number of nitrogens with one attached hydrogen (secondary N) is 1. The van der Waals surface area contributed by atoms with Gasteiger partial charge in [-0.05, 0) is 30.3 Å². The molecule has 3 aromatic rings. The number of hydrogen-bond acceptors (Lipinski definition) is 6. The van der Waals surface area contributed by atoms with Crippen molar-refractivity contribution < 1.29 is 23.1 Å². The third-order valence-electron chi connectivity index (χ3n) is 3.09. The quantitative estimate of drug-likeness (QED) is 0.717. The highest BCUT2D eigenvalue weighted by Gasteiger charge is 2.14. The second-order valence-electron chi connectivity index (χ2n) is 4.91. The van der Waals surface area contributed by atoms with Crippen LogP contribution in [-0.2, 0) is 9.53 Å². The standard InChI is InChI=1S/C17H12FN3O4/c18-13-8-4-7-12(9-13)16(23)24-10-14(22)19-17-21-20-15(25-17)11-5-2-1-3-6-11/h1-9H,10H2,(H,19,21,22). The second kappa shape index (κ2) is 7.35. The second-order valence-corrected chi connectivity index (χ2v) is 4.91. The molecule has 25 heavy (non-hydrogen) atoms. The van der Waals surface area contributed by atoms with Crippen molar-refractivity contribution in [2.45, 2.75) is 0 Å². The van der Waals surface area contributed by atoms with Gasteiger partial charge in [0.05, 0.1) is 5.56 Å². The van der Waals surface area contributed by atoms with Gasteiger partial charge in [-0.2, -0.15) is 0 Å². The molecule has 0 bridgehead atoms. The van der Waals surface area contributed by atoms with Gasteiger partial charge in [-0.15, -0.1) is 5.10 Å². The van der Waals surface area contributed by atoms with Crippen molar-refractivity contribution >= 4 is 17.9 Å². The predicted molar refractivity (Wildman–Crippen MR) is 85.0 cm³/mol. The molecule has 0 spiro atoms. The van der Waals surface area contributed by atoms with Crippen LogP contribution in [0.4, 0.5) is 10.4 Å². The third-order valence-corrected chi connectivity index (χ3v) is 3.09. The predicted octanol–water partition coefficient (Wildman–Crippen LogP) is 2.67. The van der Waals surface area contributed by atoms with Crippen LogP contribution in [0.2, 0.25) is 0 Å². The molecule has 0 saturated heterocycles. The summed E-state index contributed by atoms with van der Waals surface area (Å²) in [5.74, 6) is -1.80. The zero-order chi connectivity index (χ0) is 17.6. The summed E-state index contributed by atoms with van der Waals surface area (Å²) in [5.41, 5.74) is 0.713. The molecule has 0 atom stereocenters. The summed E-state index contributed by atoms with van der Waals surface area (Å²) in [5, 5.41) is 9.82. The summed E-state index contributed by atoms with van der Waals surface area (Å²) in [6.07, 6.45) is 0. The van der Waals surface area contributed by atoms with E-state index in [-0.39, 0.29) is 17.5 Å². The van der Waals surface area contributed by atoms with Gasteiger partial charge in [0.2, 0.25) is 5.89 Å². The summed E-state index contributed by atoms with van der Waals surface area (Å²) < 4.78 is 23.1. The lowest BCUT2D eigenvalue weighted by Crippen LogP contribution is -2.21. The monoisotopic (exact) mass is 341 g/mol. The van der Waals surface area contributed by atoms with Crippen LogP contribution in [0.25, 0.3) is 11.5 Å². The van der Waals surface area contributed by atoms with Crippen molar-refractivity contribution in [2.24, 2.45) is 0 Å². The molecule has 126 valence electrons. The van der Waals surface area contributed by atoms with Gasteiger partial charge >= 0.3 is 12.0 Å². The fourth-order valence-corrected chi connectivity index (χ4v) is 1.96. The lowest BCUT2D eigenvalue weighted by atomic mass is 10.2. The lowest BCUT2D eigenvalue weighted by molar-refractivity contribution is -0.119. The summed E-state index contributed by atoms with van der Waals surface area (Å²) in [4.78, 5) is 23.5. The van der Waals surface area contributed by atoms with Gasteiger partial charge in [0, 0.05) is 5.56 Å². The van der Waals surface area contributed by atoms with Crippen LogP contribution in [0.15, 0.2) is 59.0 Å². The zero-order valence-corrected chi connectivity index (χ0v) is 12.8. The number of hydrogen-bond donors (Lipinski definition) is 1. The van der Waals surface area contributed by atoms with E-state index in [9.17, 15) is 14.0 Å². The molecule has 1 aromatic heterocycles. The maximum atomic E-state index is 13.0. The largest absolute Gasteiger partial charge is 0.452 e. The number of ether oxygens (including phenoxy) is 1. The van der Waals surface area contributed by atoms with Gasteiger partial charge in [-0.25, -0.2) is 9.18 Å². The molecule has 0 unspecified atom stereocenters. The number of amides is 1. The topological polar surface area (TPSA) is 94.3 Å². The molecule has 0 radical (unpaired) electrons. The van der Waals surface area contributed by atoms with Crippen LogP contribution in [-0.4, -0.2) is 28.7 Å². The minimum absolute atomic E-state index is 0.0111. The summed E-state index contributed by atoms with van der Waals surface area (Å²) in [6.45, 7) is -0.571. The van der Waals surface area contributed by atoms with E-state index in [1.165, 1.54) is 18.2 Å². The first-order valence-electron chi connectivity index (χ1n) is 7.23. The van der Waals surface area contributed by atoms with E-state index in [1.807, 2.05) is 18.2 Å². The molecule has 0 aliphatic carbocycles. The fraction of sp³-hybridized carbons (Fsp3) is 0.0588. The zero-order valence-electron chi connectivity index (χ0n) is 12.8. The number of nitrogens with zero attached hydrogens (tertiary/aromatic N) is 2. The van der Waals surface area contributed by atoms with Crippen molar-refractivity contribution in [2.75, 3.05) is 11.9 Å². The van der Waals surface area contributed by atoms with Gasteiger partial charge in [-0.1, -0.05) is 29.4 Å². The van der Waals surface area contributed by atoms with Gasteiger partial charge < -0.3 is 9.15 Å². The highest BCUT2D eigenvalue weighted by atomic mass is 19.1. The molecule has 0 saturated carbocycles. The van der Waals surface area contributed by atoms with Crippen LogP contribution >= 0.6 is 0 Å². The van der Waals surface area contributed by atoms with E-state index in [0.29, 0.717) is 5.56 Å². The minimum atomic E-state index is -0.815. The van der Waals surface area contributed by atoms with Crippen molar-refractivity contribution in [1.82, 2.24) is 10.2 Å². The Morgan fingerprint density at radius 1 is 1.08 bits per heavy atom. The smallest absolute Gasteiger partial charge is 0.338 e. The summed E-state index contributed by atoms with van der Waals surface area (Å²) in [7, 11) is 0. The molecule has 0 fully saturated rings. The normalized spacial score (nSPS) is 10.3. The molecular weight excluding hydrogens is 329 g/mol. The highest BCUT2D eigenvalue weighted by Crippen LogP contribution is 2.18. The first-order chi connectivity index (χ1) is 12.1. The molecule has 8 heteroatoms. The number of anilines is 1. The third kappa shape index (κ3) is 4.25. The van der Waals surface area contributed by atoms with E-state index in [2.05, 4.69) is 15.5 Å². The Morgan fingerprint density at radius 2 is 1.88 bits per heavy atom. The molecule has 2 aromatic carbocycles. The van der Waals surface area contributed by atoms with Crippen molar-refractivity contribution in [3.63, 3.8) is 0 Å². The van der Waals surface area contributed by atoms with Gasteiger partial charge in [0.1, 0.15) is 5.82 Å². The average Bonchev–Trinajstić information content (AvgIpc) is 3.09. The number of carbonyl (C=O) groups excluding carboxylic acids is 2. The van der Waals surface area contributed by atoms with Crippen molar-refractivity contribution in [3.05, 3.63) is 66.0 Å².